The number of hydrogen-bond donors (Lipinski definition) is 1. The summed E-state index contributed by atoms with van der Waals surface area (Å²) in [4.78, 5) is 8.25. The van der Waals surface area contributed by atoms with Crippen molar-refractivity contribution in [2.45, 2.75) is 0 Å². The zero-order valence-electron chi connectivity index (χ0n) is 5.50. The van der Waals surface area contributed by atoms with Crippen LogP contribution in [0.2, 0.25) is 0 Å². The van der Waals surface area contributed by atoms with Gasteiger partial charge in [-0.25, -0.2) is 0 Å². The van der Waals surface area contributed by atoms with Crippen LogP contribution in [0, 0.1) is 15.3 Å². The molecular weight excluding hydrogens is 209 g/mol. The monoisotopic (exact) mass is 221 g/mol. The Morgan fingerprint density at radius 3 is 1.00 bits per heavy atom. The Kier molecular flexibility index (Phi) is 762. The van der Waals surface area contributed by atoms with Gasteiger partial charge in [0.05, 0.1) is 5.09 Å². The molecule has 10 heteroatoms. The molecule has 0 aromatic rings. The van der Waals surface area contributed by atoms with E-state index < -0.39 is 5.09 Å². The maximum Gasteiger partial charge on any atom is 0.0689 e. The molecule has 0 heterocycles. The summed E-state index contributed by atoms with van der Waals surface area (Å²) >= 11 is 0. The molecule has 0 aliphatic heterocycles. The Bertz CT molecular complexity index is 37.1. The number of rotatable bonds is 0. The van der Waals surface area contributed by atoms with Crippen LogP contribution >= 0.6 is 0 Å². The first-order chi connectivity index (χ1) is 2.73. The Morgan fingerprint density at radius 1 is 1.00 bits per heavy atom. The summed E-state index contributed by atoms with van der Waals surface area (Å²) in [5.74, 6) is 0. The van der Waals surface area contributed by atoms with Gasteiger partial charge in [-0.3, -0.25) is 0 Å². The summed E-state index contributed by atoms with van der Waals surface area (Å²) in [5.41, 5.74) is 0. The molecule has 0 unspecified atom stereocenters. The quantitative estimate of drug-likeness (QED) is 0.246. The third kappa shape index (κ3) is 2330. The first-order valence-corrected chi connectivity index (χ1v) is 0.995. The van der Waals surface area contributed by atoms with Gasteiger partial charge < -0.3 is 42.3 Å². The van der Waals surface area contributed by atoms with Crippen molar-refractivity contribution in [3.8, 4) is 0 Å². The van der Waals surface area contributed by atoms with Crippen LogP contribution in [-0.4, -0.2) is 39.2 Å². The van der Waals surface area contributed by atoms with Crippen molar-refractivity contribution in [1.29, 1.82) is 0 Å². The molecule has 0 aliphatic carbocycles. The van der Waals surface area contributed by atoms with Gasteiger partial charge in [-0.1, -0.05) is 0 Å². The molecule has 0 saturated heterocycles. The van der Waals surface area contributed by atoms with Crippen molar-refractivity contribution in [2.24, 2.45) is 0 Å². The van der Waals surface area contributed by atoms with Crippen molar-refractivity contribution in [2.75, 3.05) is 7.11 Å². The standard InChI is InChI=1S/CH4O.Mn.NO3.4H2O/c1-2;;2-1(3)4;;;;/h2H,1H3;;;4*1H2/q;;-1;;;;. The fraction of sp³-hybridized carbons (Fsp3) is 1.00. The molecule has 0 fully saturated rings. The van der Waals surface area contributed by atoms with Gasteiger partial charge in [-0.05, 0) is 0 Å². The molecule has 0 rings (SSSR count). The van der Waals surface area contributed by atoms with Crippen LogP contribution in [0.15, 0.2) is 0 Å². The van der Waals surface area contributed by atoms with Crippen molar-refractivity contribution >= 4 is 0 Å². The minimum atomic E-state index is -1.75. The molecule has 0 aromatic heterocycles. The molecule has 9 nitrogen and oxygen atoms in total. The predicted octanol–water partition coefficient (Wildman–Crippen LogP) is -3.93. The largest absolute Gasteiger partial charge is 0.412 e. The normalized spacial score (nSPS) is 2.73. The van der Waals surface area contributed by atoms with E-state index in [9.17, 15) is 0 Å². The van der Waals surface area contributed by atoms with Crippen molar-refractivity contribution < 1.29 is 49.2 Å². The summed E-state index contributed by atoms with van der Waals surface area (Å²) < 4.78 is 0. The van der Waals surface area contributed by atoms with Crippen LogP contribution < -0.4 is 0 Å². The van der Waals surface area contributed by atoms with Gasteiger partial charge in [0.15, 0.2) is 0 Å². The van der Waals surface area contributed by atoms with Gasteiger partial charge in [0.1, 0.15) is 0 Å². The van der Waals surface area contributed by atoms with Crippen LogP contribution in [-0.2, 0) is 17.1 Å². The van der Waals surface area contributed by atoms with Crippen LogP contribution in [0.3, 0.4) is 0 Å². The fourth-order valence-electron chi connectivity index (χ4n) is 0. The van der Waals surface area contributed by atoms with E-state index >= 15 is 0 Å². The van der Waals surface area contributed by atoms with Crippen molar-refractivity contribution in [3.63, 3.8) is 0 Å². The molecule has 9 N–H and O–H groups in total. The molecule has 0 aromatic carbocycles. The Balaban J connectivity index is -0.00000000432. The maximum absolute atomic E-state index is 8.25. The molecular formula is CH12MnNO8-. The number of hydrogen-bond acceptors (Lipinski definition) is 4. The van der Waals surface area contributed by atoms with E-state index in [1.54, 1.807) is 0 Å². The van der Waals surface area contributed by atoms with E-state index in [2.05, 4.69) is 0 Å². The Morgan fingerprint density at radius 2 is 1.00 bits per heavy atom. The van der Waals surface area contributed by atoms with E-state index in [0.717, 1.165) is 7.11 Å². The Hall–Kier alpha value is -0.481. The summed E-state index contributed by atoms with van der Waals surface area (Å²) in [7, 11) is 1.00. The summed E-state index contributed by atoms with van der Waals surface area (Å²) in [6.45, 7) is 0. The maximum atomic E-state index is 8.25. The summed E-state index contributed by atoms with van der Waals surface area (Å²) in [6.07, 6.45) is 0. The van der Waals surface area contributed by atoms with Gasteiger partial charge in [0, 0.05) is 24.2 Å². The molecule has 0 spiro atoms. The average Bonchev–Trinajstić information content (AvgIpc) is 1.41. The molecule has 1 radical (unpaired) electrons. The van der Waals surface area contributed by atoms with E-state index in [1.165, 1.54) is 0 Å². The molecule has 77 valence electrons. The van der Waals surface area contributed by atoms with Gasteiger partial charge >= 0.3 is 0 Å². The van der Waals surface area contributed by atoms with Gasteiger partial charge in [0.25, 0.3) is 0 Å². The minimum absolute atomic E-state index is 0. The number of aliphatic hydroxyl groups is 1. The zero-order valence-corrected chi connectivity index (χ0v) is 6.68. The van der Waals surface area contributed by atoms with Crippen molar-refractivity contribution in [3.05, 3.63) is 15.3 Å². The Labute approximate surface area is 72.5 Å². The third-order valence-electron chi connectivity index (χ3n) is 0. The van der Waals surface area contributed by atoms with E-state index in [0.29, 0.717) is 0 Å². The molecule has 0 bridgehead atoms. The van der Waals surface area contributed by atoms with Gasteiger partial charge in [0.2, 0.25) is 0 Å². The molecule has 0 aliphatic rings. The van der Waals surface area contributed by atoms with Crippen LogP contribution in [0.5, 0.6) is 0 Å². The SMILES string of the molecule is CO.O.O.O.O.O=[N+]([O-])[O-].[Mn]. The molecule has 0 atom stereocenters. The second kappa shape index (κ2) is 109. The molecule has 11 heavy (non-hydrogen) atoms. The first kappa shape index (κ1) is 77.0. The number of nitrogens with zero attached hydrogens (tertiary/aromatic N) is 1. The zero-order chi connectivity index (χ0) is 5.58. The second-order valence-electron chi connectivity index (χ2n) is 0.224. The van der Waals surface area contributed by atoms with Gasteiger partial charge in [-0.2, -0.15) is 0 Å². The second-order valence-corrected chi connectivity index (χ2v) is 0.224. The van der Waals surface area contributed by atoms with E-state index in [-0.39, 0.29) is 39.0 Å². The minimum Gasteiger partial charge on any atom is -0.412 e. The van der Waals surface area contributed by atoms with Crippen LogP contribution in [0.25, 0.3) is 0 Å². The molecule has 0 saturated carbocycles. The van der Waals surface area contributed by atoms with Crippen molar-refractivity contribution in [1.82, 2.24) is 0 Å². The average molecular weight is 221 g/mol. The number of aliphatic hydroxyl groups excluding tert-OH is 1. The smallest absolute Gasteiger partial charge is 0.0689 e. The molecule has 0 amide bonds. The van der Waals surface area contributed by atoms with Crippen LogP contribution in [0.1, 0.15) is 0 Å². The first-order valence-electron chi connectivity index (χ1n) is 0.995. The third-order valence-corrected chi connectivity index (χ3v) is 0. The van der Waals surface area contributed by atoms with E-state index in [1.807, 2.05) is 0 Å². The summed E-state index contributed by atoms with van der Waals surface area (Å²) in [6, 6.07) is 0. The van der Waals surface area contributed by atoms with Crippen LogP contribution in [0.4, 0.5) is 0 Å². The fourth-order valence-corrected chi connectivity index (χ4v) is 0. The van der Waals surface area contributed by atoms with E-state index in [4.69, 9.17) is 20.4 Å². The predicted molar refractivity (Wildman–Crippen MR) is 33.0 cm³/mol. The van der Waals surface area contributed by atoms with Gasteiger partial charge in [-0.15, -0.1) is 0 Å². The topological polar surface area (TPSA) is 212 Å². The summed E-state index contributed by atoms with van der Waals surface area (Å²) in [5, 5.41) is 21.8.